The lowest BCUT2D eigenvalue weighted by Gasteiger charge is -2.36. The van der Waals surface area contributed by atoms with Crippen LogP contribution in [0.4, 0.5) is 13.2 Å². The van der Waals surface area contributed by atoms with Crippen molar-refractivity contribution in [3.05, 3.63) is 58.9 Å². The van der Waals surface area contributed by atoms with Gasteiger partial charge in [-0.2, -0.15) is 13.2 Å². The highest BCUT2D eigenvalue weighted by Gasteiger charge is 2.41. The second-order valence-electron chi connectivity index (χ2n) is 7.36. The Labute approximate surface area is 176 Å². The molecule has 0 spiro atoms. The van der Waals surface area contributed by atoms with Crippen molar-refractivity contribution >= 4 is 0 Å². The van der Waals surface area contributed by atoms with E-state index < -0.39 is 54.2 Å². The fourth-order valence-corrected chi connectivity index (χ4v) is 3.70. The lowest BCUT2D eigenvalue weighted by molar-refractivity contribution is -0.141. The summed E-state index contributed by atoms with van der Waals surface area (Å²) in [6.07, 6.45) is -5.94. The van der Waals surface area contributed by atoms with Crippen LogP contribution in [0.25, 0.3) is 11.3 Å². The smallest absolute Gasteiger partial charge is 0.434 e. The minimum absolute atomic E-state index is 0.272. The second kappa shape index (κ2) is 8.81. The van der Waals surface area contributed by atoms with Crippen LogP contribution in [-0.4, -0.2) is 55.3 Å². The van der Waals surface area contributed by atoms with Crippen molar-refractivity contribution < 1.29 is 38.3 Å². The van der Waals surface area contributed by atoms with Crippen LogP contribution in [0.3, 0.4) is 0 Å². The largest absolute Gasteiger partial charge is 0.506 e. The molecule has 1 aromatic carbocycles. The van der Waals surface area contributed by atoms with Crippen LogP contribution in [0, 0.1) is 6.92 Å². The molecule has 0 saturated heterocycles. The molecule has 2 aromatic rings. The molecule has 3 rings (SSSR count). The van der Waals surface area contributed by atoms with E-state index in [1.807, 2.05) is 6.92 Å². The third-order valence-electron chi connectivity index (χ3n) is 5.38. The molecule has 4 atom stereocenters. The Kier molecular flexibility index (Phi) is 6.54. The summed E-state index contributed by atoms with van der Waals surface area (Å²) in [6.45, 7) is 3.10. The van der Waals surface area contributed by atoms with Gasteiger partial charge in [0.1, 0.15) is 18.3 Å². The molecule has 7 nitrogen and oxygen atoms in total. The normalized spacial score (nSPS) is 23.1. The molecular weight excluding hydrogens is 417 g/mol. The highest BCUT2D eigenvalue weighted by molar-refractivity contribution is 5.60. The summed E-state index contributed by atoms with van der Waals surface area (Å²) < 4.78 is 43.7. The molecule has 168 valence electrons. The minimum Gasteiger partial charge on any atom is -0.506 e. The van der Waals surface area contributed by atoms with Crippen molar-refractivity contribution in [1.29, 1.82) is 0 Å². The Balaban J connectivity index is 1.92. The van der Waals surface area contributed by atoms with E-state index in [4.69, 9.17) is 4.74 Å². The first-order valence-corrected chi connectivity index (χ1v) is 9.65. The van der Waals surface area contributed by atoms with Gasteiger partial charge >= 0.3 is 6.18 Å². The Bertz CT molecular complexity index is 962. The van der Waals surface area contributed by atoms with Gasteiger partial charge in [-0.3, -0.25) is 4.98 Å². The zero-order valence-electron chi connectivity index (χ0n) is 16.8. The van der Waals surface area contributed by atoms with E-state index in [9.17, 15) is 33.6 Å². The van der Waals surface area contributed by atoms with E-state index in [1.54, 1.807) is 25.1 Å². The van der Waals surface area contributed by atoms with Crippen LogP contribution >= 0.6 is 0 Å². The summed E-state index contributed by atoms with van der Waals surface area (Å²) >= 11 is 0. The number of alkyl halides is 3. The molecule has 1 aliphatic heterocycles. The summed E-state index contributed by atoms with van der Waals surface area (Å²) in [4.78, 5) is 7.27. The quantitative estimate of drug-likeness (QED) is 0.563. The van der Waals surface area contributed by atoms with Gasteiger partial charge in [-0.05, 0) is 30.5 Å². The van der Waals surface area contributed by atoms with Crippen LogP contribution in [-0.2, 0) is 10.9 Å². The molecule has 31 heavy (non-hydrogen) atoms. The number of aliphatic hydroxyl groups excluding tert-OH is 4. The van der Waals surface area contributed by atoms with Crippen molar-refractivity contribution in [2.45, 2.75) is 50.7 Å². The van der Waals surface area contributed by atoms with Crippen molar-refractivity contribution in [1.82, 2.24) is 9.97 Å². The van der Waals surface area contributed by atoms with Crippen LogP contribution in [0.15, 0.2) is 42.1 Å². The molecule has 0 aliphatic carbocycles. The molecule has 0 fully saturated rings. The standard InChI is InChI=1S/C21H23F3N2O5/c1-3-12(20-19(30)18(29)17(28)15(9-27)31-20)13-5-4-11(6-10(13)2)14-7-26-16(8-25-14)21(22,23)24/h4-8,12,15,17,20,27-30H,3,9H2,1-2H3/t12-,15?,17-,20-/m1/s1. The first kappa shape index (κ1) is 23.0. The lowest BCUT2D eigenvalue weighted by Crippen LogP contribution is -2.45. The summed E-state index contributed by atoms with van der Waals surface area (Å²) in [6, 6.07) is 5.14. The fraction of sp³-hybridized carbons (Fsp3) is 0.429. The average molecular weight is 440 g/mol. The number of hydrogen-bond acceptors (Lipinski definition) is 7. The molecular formula is C21H23F3N2O5. The predicted molar refractivity (Wildman–Crippen MR) is 104 cm³/mol. The number of benzene rings is 1. The molecule has 0 bridgehead atoms. The molecule has 0 amide bonds. The SMILES string of the molecule is CC[C@H](c1ccc(-c2cnc(C(F)(F)F)cn2)cc1C)[C@H]1OC(CO)[C@@H](O)C(O)=C1O. The monoisotopic (exact) mass is 440 g/mol. The fourth-order valence-electron chi connectivity index (χ4n) is 3.70. The molecule has 1 unspecified atom stereocenters. The van der Waals surface area contributed by atoms with E-state index in [-0.39, 0.29) is 5.69 Å². The van der Waals surface area contributed by atoms with E-state index in [0.29, 0.717) is 18.2 Å². The van der Waals surface area contributed by atoms with Gasteiger partial charge in [0, 0.05) is 11.5 Å². The molecule has 10 heteroatoms. The Morgan fingerprint density at radius 3 is 2.35 bits per heavy atom. The molecule has 1 aromatic heterocycles. The first-order valence-electron chi connectivity index (χ1n) is 9.65. The number of aromatic nitrogens is 2. The zero-order valence-corrected chi connectivity index (χ0v) is 16.8. The maximum Gasteiger partial charge on any atom is 0.434 e. The zero-order chi connectivity index (χ0) is 22.9. The van der Waals surface area contributed by atoms with Gasteiger partial charge < -0.3 is 25.2 Å². The first-order chi connectivity index (χ1) is 14.6. The predicted octanol–water partition coefficient (Wildman–Crippen LogP) is 3.41. The summed E-state index contributed by atoms with van der Waals surface area (Å²) in [5.41, 5.74) is 1.28. The average Bonchev–Trinajstić information content (AvgIpc) is 2.74. The van der Waals surface area contributed by atoms with Crippen LogP contribution in [0.5, 0.6) is 0 Å². The maximum absolute atomic E-state index is 12.7. The number of aryl methyl sites for hydroxylation is 1. The van der Waals surface area contributed by atoms with Gasteiger partial charge in [-0.1, -0.05) is 19.1 Å². The molecule has 4 N–H and O–H groups in total. The third-order valence-corrected chi connectivity index (χ3v) is 5.38. The Hall–Kier alpha value is -2.69. The topological polar surface area (TPSA) is 116 Å². The molecule has 0 radical (unpaired) electrons. The summed E-state index contributed by atoms with van der Waals surface area (Å²) in [5.74, 6) is -1.55. The van der Waals surface area contributed by atoms with Crippen molar-refractivity contribution in [2.75, 3.05) is 6.61 Å². The number of hydrogen-bond donors (Lipinski definition) is 4. The lowest BCUT2D eigenvalue weighted by atomic mass is 9.84. The van der Waals surface area contributed by atoms with E-state index in [1.165, 1.54) is 0 Å². The van der Waals surface area contributed by atoms with Crippen molar-refractivity contribution in [3.63, 3.8) is 0 Å². The number of rotatable bonds is 5. The van der Waals surface area contributed by atoms with Gasteiger partial charge in [0.15, 0.2) is 17.2 Å². The Morgan fingerprint density at radius 2 is 1.84 bits per heavy atom. The maximum atomic E-state index is 12.7. The van der Waals surface area contributed by atoms with Crippen molar-refractivity contribution in [3.8, 4) is 11.3 Å². The number of halogens is 3. The highest BCUT2D eigenvalue weighted by atomic mass is 19.4. The van der Waals surface area contributed by atoms with Gasteiger partial charge in [0.2, 0.25) is 0 Å². The molecule has 2 heterocycles. The van der Waals surface area contributed by atoms with E-state index in [0.717, 1.165) is 17.3 Å². The summed E-state index contributed by atoms with van der Waals surface area (Å²) in [5, 5.41) is 39.7. The van der Waals surface area contributed by atoms with Gasteiger partial charge in [0.25, 0.3) is 0 Å². The number of nitrogens with zero attached hydrogens (tertiary/aromatic N) is 2. The second-order valence-corrected chi connectivity index (χ2v) is 7.36. The van der Waals surface area contributed by atoms with Gasteiger partial charge in [-0.25, -0.2) is 4.98 Å². The van der Waals surface area contributed by atoms with Crippen LogP contribution in [0.1, 0.15) is 36.1 Å². The van der Waals surface area contributed by atoms with Gasteiger partial charge in [-0.15, -0.1) is 0 Å². The van der Waals surface area contributed by atoms with Gasteiger partial charge in [0.05, 0.1) is 24.7 Å². The van der Waals surface area contributed by atoms with Crippen LogP contribution < -0.4 is 0 Å². The van der Waals surface area contributed by atoms with Crippen LogP contribution in [0.2, 0.25) is 0 Å². The molecule has 0 saturated carbocycles. The third kappa shape index (κ3) is 4.51. The minimum atomic E-state index is -4.57. The van der Waals surface area contributed by atoms with Crippen molar-refractivity contribution in [2.24, 2.45) is 0 Å². The number of aliphatic hydroxyl groups is 4. The van der Waals surface area contributed by atoms with E-state index >= 15 is 0 Å². The summed E-state index contributed by atoms with van der Waals surface area (Å²) in [7, 11) is 0. The molecule has 1 aliphatic rings. The van der Waals surface area contributed by atoms with E-state index in [2.05, 4.69) is 9.97 Å². The Morgan fingerprint density at radius 1 is 1.13 bits per heavy atom. The highest BCUT2D eigenvalue weighted by Crippen LogP contribution is 2.37. The number of ether oxygens (including phenoxy) is 1.